The molecule has 22 heavy (non-hydrogen) atoms. The second-order valence-electron chi connectivity index (χ2n) is 6.07. The van der Waals surface area contributed by atoms with Crippen molar-refractivity contribution >= 4 is 11.8 Å². The topological polar surface area (TPSA) is 49.9 Å². The summed E-state index contributed by atoms with van der Waals surface area (Å²) >= 11 is 0. The van der Waals surface area contributed by atoms with E-state index in [9.17, 15) is 9.59 Å². The van der Waals surface area contributed by atoms with Gasteiger partial charge in [0.15, 0.2) is 0 Å². The smallest absolute Gasteiger partial charge is 0.226 e. The van der Waals surface area contributed by atoms with E-state index in [4.69, 9.17) is 4.74 Å². The molecule has 1 saturated carbocycles. The zero-order valence-corrected chi connectivity index (χ0v) is 12.9. The van der Waals surface area contributed by atoms with Gasteiger partial charge in [-0.3, -0.25) is 9.59 Å². The fourth-order valence-electron chi connectivity index (χ4n) is 2.98. The molecule has 2 fully saturated rings. The molecule has 5 nitrogen and oxygen atoms in total. The van der Waals surface area contributed by atoms with Crippen LogP contribution in [-0.4, -0.2) is 55.0 Å². The Balaban J connectivity index is 1.52. The van der Waals surface area contributed by atoms with E-state index in [1.165, 1.54) is 0 Å². The first-order valence-electron chi connectivity index (χ1n) is 7.82. The molecule has 1 aromatic carbocycles. The van der Waals surface area contributed by atoms with Crippen molar-refractivity contribution in [3.05, 3.63) is 35.9 Å². The minimum atomic E-state index is -0.135. The van der Waals surface area contributed by atoms with Crippen LogP contribution in [0.4, 0.5) is 0 Å². The van der Waals surface area contributed by atoms with Crippen LogP contribution in [0.3, 0.4) is 0 Å². The molecule has 5 heteroatoms. The van der Waals surface area contributed by atoms with E-state index in [0.29, 0.717) is 39.3 Å². The van der Waals surface area contributed by atoms with Crippen LogP contribution in [0.5, 0.6) is 0 Å². The number of morpholine rings is 1. The molecule has 1 aliphatic carbocycles. The maximum absolute atomic E-state index is 12.4. The van der Waals surface area contributed by atoms with Gasteiger partial charge in [0, 0.05) is 26.7 Å². The Kier molecular flexibility index (Phi) is 4.43. The zero-order chi connectivity index (χ0) is 15.5. The summed E-state index contributed by atoms with van der Waals surface area (Å²) in [6, 6.07) is 9.91. The summed E-state index contributed by atoms with van der Waals surface area (Å²) in [4.78, 5) is 28.4. The SMILES string of the molecule is CN(Cc1ccccc1)C(=O)C1CC1C(=O)N1CCOCC1. The van der Waals surface area contributed by atoms with Gasteiger partial charge >= 0.3 is 0 Å². The largest absolute Gasteiger partial charge is 0.378 e. The summed E-state index contributed by atoms with van der Waals surface area (Å²) < 4.78 is 5.26. The summed E-state index contributed by atoms with van der Waals surface area (Å²) in [5.41, 5.74) is 1.11. The van der Waals surface area contributed by atoms with E-state index in [1.807, 2.05) is 42.3 Å². The fraction of sp³-hybridized carbons (Fsp3) is 0.529. The summed E-state index contributed by atoms with van der Waals surface area (Å²) in [5, 5.41) is 0. The van der Waals surface area contributed by atoms with Crippen molar-refractivity contribution in [1.29, 1.82) is 0 Å². The lowest BCUT2D eigenvalue weighted by Gasteiger charge is -2.27. The number of ether oxygens (including phenoxy) is 1. The number of rotatable bonds is 4. The Labute approximate surface area is 130 Å². The third-order valence-electron chi connectivity index (χ3n) is 4.39. The molecule has 0 spiro atoms. The predicted molar refractivity (Wildman–Crippen MR) is 81.9 cm³/mol. The highest BCUT2D eigenvalue weighted by Crippen LogP contribution is 2.41. The molecular weight excluding hydrogens is 280 g/mol. The monoisotopic (exact) mass is 302 g/mol. The van der Waals surface area contributed by atoms with Crippen LogP contribution in [0, 0.1) is 11.8 Å². The van der Waals surface area contributed by atoms with Crippen molar-refractivity contribution in [1.82, 2.24) is 9.80 Å². The van der Waals surface area contributed by atoms with E-state index in [1.54, 1.807) is 4.90 Å². The third kappa shape index (κ3) is 3.30. The van der Waals surface area contributed by atoms with Crippen molar-refractivity contribution < 1.29 is 14.3 Å². The van der Waals surface area contributed by atoms with Crippen molar-refractivity contribution in [3.8, 4) is 0 Å². The third-order valence-corrected chi connectivity index (χ3v) is 4.39. The Morgan fingerprint density at radius 3 is 2.55 bits per heavy atom. The number of hydrogen-bond donors (Lipinski definition) is 0. The van der Waals surface area contributed by atoms with Gasteiger partial charge in [-0.2, -0.15) is 0 Å². The van der Waals surface area contributed by atoms with Gasteiger partial charge in [-0.1, -0.05) is 30.3 Å². The normalized spacial score (nSPS) is 24.0. The summed E-state index contributed by atoms with van der Waals surface area (Å²) in [6.45, 7) is 3.09. The number of nitrogens with zero attached hydrogens (tertiary/aromatic N) is 2. The van der Waals surface area contributed by atoms with Gasteiger partial charge in [-0.15, -0.1) is 0 Å². The molecule has 1 saturated heterocycles. The second kappa shape index (κ2) is 6.48. The Bertz CT molecular complexity index is 540. The fourth-order valence-corrected chi connectivity index (χ4v) is 2.98. The van der Waals surface area contributed by atoms with E-state index in [-0.39, 0.29) is 23.7 Å². The lowest BCUT2D eigenvalue weighted by molar-refractivity contribution is -0.140. The number of amides is 2. The average molecular weight is 302 g/mol. The molecule has 1 heterocycles. The highest BCUT2D eigenvalue weighted by Gasteiger charge is 2.50. The Hall–Kier alpha value is -1.88. The molecule has 118 valence electrons. The molecule has 1 aliphatic heterocycles. The van der Waals surface area contributed by atoms with Crippen LogP contribution in [0.15, 0.2) is 30.3 Å². The second-order valence-corrected chi connectivity index (χ2v) is 6.07. The summed E-state index contributed by atoms with van der Waals surface area (Å²) in [5.74, 6) is -0.0573. The quantitative estimate of drug-likeness (QED) is 0.838. The van der Waals surface area contributed by atoms with Gasteiger partial charge in [0.1, 0.15) is 0 Å². The van der Waals surface area contributed by atoms with Crippen molar-refractivity contribution in [3.63, 3.8) is 0 Å². The van der Waals surface area contributed by atoms with Crippen LogP contribution in [-0.2, 0) is 20.9 Å². The van der Waals surface area contributed by atoms with Gasteiger partial charge in [0.05, 0.1) is 25.0 Å². The first-order valence-corrected chi connectivity index (χ1v) is 7.82. The lowest BCUT2D eigenvalue weighted by atomic mass is 10.2. The highest BCUT2D eigenvalue weighted by atomic mass is 16.5. The van der Waals surface area contributed by atoms with Crippen molar-refractivity contribution in [2.45, 2.75) is 13.0 Å². The number of carbonyl (C=O) groups excluding carboxylic acids is 2. The van der Waals surface area contributed by atoms with Crippen LogP contribution in [0.25, 0.3) is 0 Å². The predicted octanol–water partition coefficient (Wildman–Crippen LogP) is 1.14. The number of hydrogen-bond acceptors (Lipinski definition) is 3. The lowest BCUT2D eigenvalue weighted by Crippen LogP contribution is -2.42. The molecule has 2 amide bonds. The molecule has 1 aromatic rings. The van der Waals surface area contributed by atoms with Crippen LogP contribution in [0.2, 0.25) is 0 Å². The molecule has 2 aliphatic rings. The van der Waals surface area contributed by atoms with E-state index >= 15 is 0 Å². The molecule has 0 aromatic heterocycles. The maximum atomic E-state index is 12.4. The average Bonchev–Trinajstić information content (AvgIpc) is 3.35. The molecule has 0 N–H and O–H groups in total. The number of benzene rings is 1. The van der Waals surface area contributed by atoms with Gasteiger partial charge in [-0.05, 0) is 12.0 Å². The van der Waals surface area contributed by atoms with Gasteiger partial charge in [0.25, 0.3) is 0 Å². The van der Waals surface area contributed by atoms with Crippen LogP contribution >= 0.6 is 0 Å². The van der Waals surface area contributed by atoms with Crippen molar-refractivity contribution in [2.75, 3.05) is 33.4 Å². The van der Waals surface area contributed by atoms with Gasteiger partial charge in [0.2, 0.25) is 11.8 Å². The Morgan fingerprint density at radius 2 is 1.86 bits per heavy atom. The first kappa shape index (κ1) is 15.0. The molecule has 3 rings (SSSR count). The number of carbonyl (C=O) groups is 2. The zero-order valence-electron chi connectivity index (χ0n) is 12.9. The molecule has 0 radical (unpaired) electrons. The molecule has 2 unspecified atom stereocenters. The minimum absolute atomic E-state index is 0.0791. The van der Waals surface area contributed by atoms with Crippen molar-refractivity contribution in [2.24, 2.45) is 11.8 Å². The van der Waals surface area contributed by atoms with E-state index in [2.05, 4.69) is 0 Å². The van der Waals surface area contributed by atoms with Crippen LogP contribution < -0.4 is 0 Å². The first-order chi connectivity index (χ1) is 10.7. The van der Waals surface area contributed by atoms with Gasteiger partial charge < -0.3 is 14.5 Å². The highest BCUT2D eigenvalue weighted by molar-refractivity contribution is 5.92. The summed E-state index contributed by atoms with van der Waals surface area (Å²) in [6.07, 6.45) is 0.689. The van der Waals surface area contributed by atoms with E-state index < -0.39 is 0 Å². The Morgan fingerprint density at radius 1 is 1.18 bits per heavy atom. The van der Waals surface area contributed by atoms with Gasteiger partial charge in [-0.25, -0.2) is 0 Å². The molecule has 0 bridgehead atoms. The molecular formula is C17H22N2O3. The standard InChI is InChI=1S/C17H22N2O3/c1-18(12-13-5-3-2-4-6-13)16(20)14-11-15(14)17(21)19-7-9-22-10-8-19/h2-6,14-15H,7-12H2,1H3. The molecule has 2 atom stereocenters. The minimum Gasteiger partial charge on any atom is -0.378 e. The maximum Gasteiger partial charge on any atom is 0.226 e. The van der Waals surface area contributed by atoms with E-state index in [0.717, 1.165) is 5.56 Å². The van der Waals surface area contributed by atoms with Crippen LogP contribution in [0.1, 0.15) is 12.0 Å². The summed E-state index contributed by atoms with van der Waals surface area (Å²) in [7, 11) is 1.81.